The van der Waals surface area contributed by atoms with E-state index in [1.807, 2.05) is 0 Å². The number of carbonyl (C=O) groups is 1. The molecule has 0 aromatic heterocycles. The summed E-state index contributed by atoms with van der Waals surface area (Å²) in [7, 11) is -4.67. The lowest BCUT2D eigenvalue weighted by molar-refractivity contribution is -0.121. The molecule has 1 fully saturated rings. The minimum absolute atomic E-state index is 0.185. The number of hydrogen-bond acceptors (Lipinski definition) is 5. The van der Waals surface area contributed by atoms with E-state index in [0.717, 1.165) is 52.2 Å². The van der Waals surface area contributed by atoms with Crippen molar-refractivity contribution in [1.82, 2.24) is 10.2 Å². The summed E-state index contributed by atoms with van der Waals surface area (Å²) in [4.78, 5) is 13.6. The van der Waals surface area contributed by atoms with Gasteiger partial charge < -0.3 is 10.1 Å². The summed E-state index contributed by atoms with van der Waals surface area (Å²) in [5.74, 6) is 0.185. The first-order chi connectivity index (χ1) is 9.33. The van der Waals surface area contributed by atoms with Crippen LogP contribution in [0.25, 0.3) is 0 Å². The van der Waals surface area contributed by atoms with E-state index in [0.29, 0.717) is 6.42 Å². The zero-order valence-corrected chi connectivity index (χ0v) is 12.6. The second-order valence-corrected chi connectivity index (χ2v) is 5.25. The Hall–Kier alpha value is -0.740. The second kappa shape index (κ2) is 11.0. The standard InChI is InChI=1S/C11H22N2O2.H2O4S/c1-2-3-4-11(14)12-5-6-13-7-9-15-10-8-13;1-5(2,3)4/h2-10H2,1H3,(H,12,14);(H2,1,2,3,4). The van der Waals surface area contributed by atoms with Crippen LogP contribution < -0.4 is 5.32 Å². The van der Waals surface area contributed by atoms with E-state index < -0.39 is 10.4 Å². The van der Waals surface area contributed by atoms with Gasteiger partial charge in [0.15, 0.2) is 0 Å². The molecule has 0 spiro atoms. The summed E-state index contributed by atoms with van der Waals surface area (Å²) >= 11 is 0. The minimum Gasteiger partial charge on any atom is -0.379 e. The van der Waals surface area contributed by atoms with Gasteiger partial charge in [-0.2, -0.15) is 8.42 Å². The third-order valence-corrected chi connectivity index (χ3v) is 2.61. The van der Waals surface area contributed by atoms with Crippen LogP contribution in [0.5, 0.6) is 0 Å². The van der Waals surface area contributed by atoms with E-state index in [1.54, 1.807) is 0 Å². The molecule has 0 aliphatic carbocycles. The van der Waals surface area contributed by atoms with E-state index in [1.165, 1.54) is 0 Å². The van der Waals surface area contributed by atoms with Gasteiger partial charge in [-0.15, -0.1) is 0 Å². The van der Waals surface area contributed by atoms with Crippen LogP contribution >= 0.6 is 0 Å². The molecule has 0 radical (unpaired) electrons. The average Bonchev–Trinajstić information content (AvgIpc) is 2.36. The Morgan fingerprint density at radius 1 is 1.30 bits per heavy atom. The molecule has 1 rings (SSSR count). The van der Waals surface area contributed by atoms with Gasteiger partial charge in [-0.25, -0.2) is 0 Å². The molecule has 1 heterocycles. The first-order valence-electron chi connectivity index (χ1n) is 6.59. The second-order valence-electron chi connectivity index (χ2n) is 4.36. The maximum atomic E-state index is 11.3. The molecule has 1 saturated heterocycles. The van der Waals surface area contributed by atoms with Crippen LogP contribution in [-0.2, 0) is 19.9 Å². The van der Waals surface area contributed by atoms with Gasteiger partial charge >= 0.3 is 10.4 Å². The van der Waals surface area contributed by atoms with E-state index in [2.05, 4.69) is 17.1 Å². The number of hydrogen-bond donors (Lipinski definition) is 3. The number of carbonyl (C=O) groups excluding carboxylic acids is 1. The molecule has 0 aromatic rings. The van der Waals surface area contributed by atoms with Crippen molar-refractivity contribution in [3.05, 3.63) is 0 Å². The molecule has 120 valence electrons. The highest BCUT2D eigenvalue weighted by atomic mass is 32.3. The first kappa shape index (κ1) is 19.3. The number of unbranched alkanes of at least 4 members (excludes halogenated alkanes) is 1. The molecule has 1 aliphatic heterocycles. The summed E-state index contributed by atoms with van der Waals surface area (Å²) in [6.07, 6.45) is 2.74. The number of ether oxygens (including phenoxy) is 1. The van der Waals surface area contributed by atoms with Gasteiger partial charge in [0.05, 0.1) is 13.2 Å². The molecular formula is C11H24N2O6S. The Bertz CT molecular complexity index is 346. The van der Waals surface area contributed by atoms with Crippen molar-refractivity contribution in [2.75, 3.05) is 39.4 Å². The molecule has 8 nitrogen and oxygen atoms in total. The third-order valence-electron chi connectivity index (χ3n) is 2.61. The summed E-state index contributed by atoms with van der Waals surface area (Å²) in [6.45, 7) is 7.44. The van der Waals surface area contributed by atoms with Gasteiger partial charge in [0.25, 0.3) is 0 Å². The number of rotatable bonds is 6. The van der Waals surface area contributed by atoms with Crippen molar-refractivity contribution in [3.63, 3.8) is 0 Å². The highest BCUT2D eigenvalue weighted by molar-refractivity contribution is 7.79. The molecule has 0 saturated carbocycles. The molecule has 0 aromatic carbocycles. The maximum absolute atomic E-state index is 11.3. The van der Waals surface area contributed by atoms with Crippen molar-refractivity contribution in [3.8, 4) is 0 Å². The van der Waals surface area contributed by atoms with Gasteiger partial charge in [0.1, 0.15) is 0 Å². The van der Waals surface area contributed by atoms with Gasteiger partial charge in [-0.05, 0) is 6.42 Å². The Kier molecular flexibility index (Phi) is 10.6. The summed E-state index contributed by atoms with van der Waals surface area (Å²) < 4.78 is 36.8. The van der Waals surface area contributed by atoms with E-state index in [9.17, 15) is 4.79 Å². The summed E-state index contributed by atoms with van der Waals surface area (Å²) in [5, 5.41) is 2.94. The normalized spacial score (nSPS) is 16.1. The van der Waals surface area contributed by atoms with Crippen LogP contribution in [0.3, 0.4) is 0 Å². The van der Waals surface area contributed by atoms with Crippen LogP contribution in [-0.4, -0.2) is 67.7 Å². The molecule has 0 atom stereocenters. The fourth-order valence-corrected chi connectivity index (χ4v) is 1.60. The fraction of sp³-hybridized carbons (Fsp3) is 0.909. The highest BCUT2D eigenvalue weighted by Gasteiger charge is 2.09. The Balaban J connectivity index is 0.000000621. The average molecular weight is 312 g/mol. The van der Waals surface area contributed by atoms with Crippen molar-refractivity contribution >= 4 is 16.3 Å². The zero-order chi connectivity index (χ0) is 15.4. The maximum Gasteiger partial charge on any atom is 0.394 e. The van der Waals surface area contributed by atoms with Crippen LogP contribution in [0, 0.1) is 0 Å². The summed E-state index contributed by atoms with van der Waals surface area (Å²) in [5.41, 5.74) is 0. The summed E-state index contributed by atoms with van der Waals surface area (Å²) in [6, 6.07) is 0. The van der Waals surface area contributed by atoms with Crippen LogP contribution in [0.15, 0.2) is 0 Å². The SMILES string of the molecule is CCCCC(=O)NCCN1CCOCC1.O=S(=O)(O)O. The third kappa shape index (κ3) is 15.3. The molecular weight excluding hydrogens is 288 g/mol. The molecule has 0 unspecified atom stereocenters. The molecule has 1 aliphatic rings. The van der Waals surface area contributed by atoms with Crippen molar-refractivity contribution in [2.45, 2.75) is 26.2 Å². The first-order valence-corrected chi connectivity index (χ1v) is 7.99. The van der Waals surface area contributed by atoms with Gasteiger partial charge in [-0.3, -0.25) is 18.8 Å². The number of amides is 1. The van der Waals surface area contributed by atoms with Gasteiger partial charge in [0.2, 0.25) is 5.91 Å². The molecule has 0 bridgehead atoms. The van der Waals surface area contributed by atoms with Crippen molar-refractivity contribution in [2.24, 2.45) is 0 Å². The largest absolute Gasteiger partial charge is 0.394 e. The molecule has 9 heteroatoms. The predicted molar refractivity (Wildman–Crippen MR) is 74.0 cm³/mol. The Morgan fingerprint density at radius 3 is 2.35 bits per heavy atom. The highest BCUT2D eigenvalue weighted by Crippen LogP contribution is 1.96. The van der Waals surface area contributed by atoms with Crippen molar-refractivity contribution in [1.29, 1.82) is 0 Å². The lowest BCUT2D eigenvalue weighted by atomic mass is 10.2. The predicted octanol–water partition coefficient (Wildman–Crippen LogP) is -0.0278. The minimum atomic E-state index is -4.67. The fourth-order valence-electron chi connectivity index (χ4n) is 1.60. The Labute approximate surface area is 120 Å². The smallest absolute Gasteiger partial charge is 0.379 e. The van der Waals surface area contributed by atoms with Gasteiger partial charge in [-0.1, -0.05) is 13.3 Å². The molecule has 3 N–H and O–H groups in total. The number of morpholine rings is 1. The lowest BCUT2D eigenvalue weighted by Gasteiger charge is -2.26. The topological polar surface area (TPSA) is 116 Å². The van der Waals surface area contributed by atoms with Crippen LogP contribution in [0.2, 0.25) is 0 Å². The van der Waals surface area contributed by atoms with E-state index >= 15 is 0 Å². The number of nitrogens with zero attached hydrogens (tertiary/aromatic N) is 1. The molecule has 1 amide bonds. The van der Waals surface area contributed by atoms with Gasteiger partial charge in [0, 0.05) is 32.6 Å². The monoisotopic (exact) mass is 312 g/mol. The van der Waals surface area contributed by atoms with Crippen LogP contribution in [0.1, 0.15) is 26.2 Å². The number of nitrogens with one attached hydrogen (secondary N) is 1. The molecule has 20 heavy (non-hydrogen) atoms. The Morgan fingerprint density at radius 2 is 1.85 bits per heavy atom. The van der Waals surface area contributed by atoms with Crippen LogP contribution in [0.4, 0.5) is 0 Å². The van der Waals surface area contributed by atoms with Crippen molar-refractivity contribution < 1.29 is 27.1 Å². The van der Waals surface area contributed by atoms with E-state index in [-0.39, 0.29) is 5.91 Å². The van der Waals surface area contributed by atoms with E-state index in [4.69, 9.17) is 22.3 Å². The lowest BCUT2D eigenvalue weighted by Crippen LogP contribution is -2.41. The zero-order valence-electron chi connectivity index (χ0n) is 11.7. The quantitative estimate of drug-likeness (QED) is 0.590.